The largest absolute Gasteiger partial charge is 0.464 e. The molecule has 0 spiro atoms. The summed E-state index contributed by atoms with van der Waals surface area (Å²) in [5, 5.41) is 4.75. The molecule has 1 fully saturated rings. The van der Waals surface area contributed by atoms with E-state index in [0.29, 0.717) is 5.69 Å². The number of esters is 1. The molecule has 0 bridgehead atoms. The van der Waals surface area contributed by atoms with E-state index < -0.39 is 35.7 Å². The summed E-state index contributed by atoms with van der Waals surface area (Å²) in [6, 6.07) is 4.17. The zero-order valence-electron chi connectivity index (χ0n) is 14.3. The van der Waals surface area contributed by atoms with Crippen LogP contribution in [0.2, 0.25) is 0 Å². The summed E-state index contributed by atoms with van der Waals surface area (Å²) in [6.45, 7) is 4.93. The Morgan fingerprint density at radius 3 is 2.20 bits per heavy atom. The quantitative estimate of drug-likeness (QED) is 0.577. The molecule has 0 aliphatic carbocycles. The molecule has 1 aromatic carbocycles. The Morgan fingerprint density at radius 2 is 1.68 bits per heavy atom. The van der Waals surface area contributed by atoms with Crippen LogP contribution in [-0.2, 0) is 23.9 Å². The summed E-state index contributed by atoms with van der Waals surface area (Å²) >= 11 is 0. The second-order valence-electron chi connectivity index (χ2n) is 6.12. The second-order valence-corrected chi connectivity index (χ2v) is 6.12. The number of methoxy groups -OCH3 is 1. The van der Waals surface area contributed by atoms with Crippen molar-refractivity contribution >= 4 is 35.1 Å². The van der Waals surface area contributed by atoms with Crippen molar-refractivity contribution in [2.75, 3.05) is 12.0 Å². The molecule has 0 saturated carbocycles. The van der Waals surface area contributed by atoms with Gasteiger partial charge in [0.15, 0.2) is 11.8 Å². The van der Waals surface area contributed by atoms with Gasteiger partial charge in [0.2, 0.25) is 11.8 Å². The van der Waals surface area contributed by atoms with Crippen LogP contribution in [0.15, 0.2) is 23.3 Å². The molecule has 3 rings (SSSR count). The minimum atomic E-state index is -1.15. The van der Waals surface area contributed by atoms with Crippen molar-refractivity contribution in [2.45, 2.75) is 26.8 Å². The fraction of sp³-hybridized carbons (Fsp3) is 0.353. The van der Waals surface area contributed by atoms with Crippen LogP contribution in [0.25, 0.3) is 0 Å². The van der Waals surface area contributed by atoms with Gasteiger partial charge in [-0.1, -0.05) is 6.07 Å². The van der Waals surface area contributed by atoms with Gasteiger partial charge in [-0.25, -0.2) is 14.7 Å². The molecule has 2 heterocycles. The Bertz CT molecular complexity index is 824. The van der Waals surface area contributed by atoms with Crippen LogP contribution in [0.1, 0.15) is 18.1 Å². The van der Waals surface area contributed by atoms with Crippen molar-refractivity contribution in [2.24, 2.45) is 11.0 Å². The van der Waals surface area contributed by atoms with Gasteiger partial charge < -0.3 is 4.74 Å². The lowest BCUT2D eigenvalue weighted by Gasteiger charge is -2.19. The zero-order valence-corrected chi connectivity index (χ0v) is 14.3. The van der Waals surface area contributed by atoms with Gasteiger partial charge in [0.25, 0.3) is 5.91 Å². The minimum absolute atomic E-state index is 0.229. The average molecular weight is 343 g/mol. The standard InChI is InChI=1S/C17H17N3O5/c1-8-5-9(2)7-11(6-8)19-15(22)12-13(17(24)25-4)18-20(10(3)21)14(12)16(19)23/h5-7,12,14H,1-4H3/t12-,14-/m1/s1. The van der Waals surface area contributed by atoms with E-state index in [1.54, 1.807) is 12.1 Å². The molecule has 3 amide bonds. The number of aryl methyl sites for hydroxylation is 2. The highest BCUT2D eigenvalue weighted by molar-refractivity contribution is 6.47. The van der Waals surface area contributed by atoms with Gasteiger partial charge >= 0.3 is 5.97 Å². The number of hydrazone groups is 1. The lowest BCUT2D eigenvalue weighted by Crippen LogP contribution is -2.41. The third-order valence-corrected chi connectivity index (χ3v) is 4.23. The van der Waals surface area contributed by atoms with E-state index in [0.717, 1.165) is 28.1 Å². The fourth-order valence-corrected chi connectivity index (χ4v) is 3.28. The molecule has 25 heavy (non-hydrogen) atoms. The van der Waals surface area contributed by atoms with Gasteiger partial charge in [0.05, 0.1) is 12.8 Å². The number of benzene rings is 1. The van der Waals surface area contributed by atoms with Crippen LogP contribution in [0.5, 0.6) is 0 Å². The lowest BCUT2D eigenvalue weighted by molar-refractivity contribution is -0.136. The van der Waals surface area contributed by atoms with Crippen LogP contribution in [0, 0.1) is 19.8 Å². The first-order valence-corrected chi connectivity index (χ1v) is 7.69. The van der Waals surface area contributed by atoms with Gasteiger partial charge in [-0.3, -0.25) is 14.4 Å². The van der Waals surface area contributed by atoms with Gasteiger partial charge in [-0.2, -0.15) is 5.10 Å². The molecule has 8 heteroatoms. The van der Waals surface area contributed by atoms with E-state index in [9.17, 15) is 19.2 Å². The molecule has 1 saturated heterocycles. The summed E-state index contributed by atoms with van der Waals surface area (Å²) in [7, 11) is 1.15. The highest BCUT2D eigenvalue weighted by Gasteiger charge is 2.59. The van der Waals surface area contributed by atoms with E-state index in [2.05, 4.69) is 9.84 Å². The SMILES string of the molecule is COC(=O)C1=NN(C(C)=O)[C@H]2C(=O)N(c3cc(C)cc(C)c3)C(=O)[C@H]12. The summed E-state index contributed by atoms with van der Waals surface area (Å²) in [5.74, 6) is -3.69. The Balaban J connectivity index is 2.09. The van der Waals surface area contributed by atoms with Crippen molar-refractivity contribution in [1.82, 2.24) is 5.01 Å². The molecule has 0 aromatic heterocycles. The summed E-state index contributed by atoms with van der Waals surface area (Å²) in [5.41, 5.74) is 1.96. The molecule has 2 aliphatic rings. The second kappa shape index (κ2) is 5.80. The topological polar surface area (TPSA) is 96.3 Å². The zero-order chi connectivity index (χ0) is 18.5. The molecule has 0 unspecified atom stereocenters. The molecule has 2 atom stereocenters. The van der Waals surface area contributed by atoms with Crippen molar-refractivity contribution in [1.29, 1.82) is 0 Å². The molecular weight excluding hydrogens is 326 g/mol. The van der Waals surface area contributed by atoms with E-state index in [4.69, 9.17) is 0 Å². The van der Waals surface area contributed by atoms with Gasteiger partial charge in [-0.05, 0) is 37.1 Å². The maximum absolute atomic E-state index is 12.9. The third-order valence-electron chi connectivity index (χ3n) is 4.23. The van der Waals surface area contributed by atoms with Crippen LogP contribution in [-0.4, -0.2) is 47.6 Å². The average Bonchev–Trinajstić information content (AvgIpc) is 3.03. The Labute approximate surface area is 144 Å². The van der Waals surface area contributed by atoms with Crippen molar-refractivity contribution in [3.05, 3.63) is 29.3 Å². The molecule has 130 valence electrons. The van der Waals surface area contributed by atoms with Crippen LogP contribution in [0.4, 0.5) is 5.69 Å². The van der Waals surface area contributed by atoms with Gasteiger partial charge in [-0.15, -0.1) is 0 Å². The summed E-state index contributed by atoms with van der Waals surface area (Å²) in [6.07, 6.45) is 0. The number of rotatable bonds is 2. The van der Waals surface area contributed by atoms with Crippen LogP contribution in [0.3, 0.4) is 0 Å². The number of carbonyl (C=O) groups is 4. The third kappa shape index (κ3) is 2.50. The summed E-state index contributed by atoms with van der Waals surface area (Å²) < 4.78 is 4.64. The molecule has 8 nitrogen and oxygen atoms in total. The Hall–Kier alpha value is -3.03. The number of fused-ring (bicyclic) bond motifs is 1. The number of carbonyl (C=O) groups excluding carboxylic acids is 4. The lowest BCUT2D eigenvalue weighted by atomic mass is 9.98. The number of ether oxygens (including phenoxy) is 1. The smallest absolute Gasteiger partial charge is 0.355 e. The highest BCUT2D eigenvalue weighted by atomic mass is 16.5. The van der Waals surface area contributed by atoms with Gasteiger partial charge in [0.1, 0.15) is 5.92 Å². The monoisotopic (exact) mass is 343 g/mol. The number of amides is 3. The highest BCUT2D eigenvalue weighted by Crippen LogP contribution is 2.36. The van der Waals surface area contributed by atoms with Crippen molar-refractivity contribution in [3.8, 4) is 0 Å². The normalized spacial score (nSPS) is 22.2. The first kappa shape index (κ1) is 16.8. The Morgan fingerprint density at radius 1 is 1.08 bits per heavy atom. The Kier molecular flexibility index (Phi) is 3.90. The molecule has 0 N–H and O–H groups in total. The number of hydrogen-bond acceptors (Lipinski definition) is 6. The fourth-order valence-electron chi connectivity index (χ4n) is 3.28. The minimum Gasteiger partial charge on any atom is -0.464 e. The van der Waals surface area contributed by atoms with Gasteiger partial charge in [0, 0.05) is 6.92 Å². The van der Waals surface area contributed by atoms with Crippen molar-refractivity contribution < 1.29 is 23.9 Å². The maximum Gasteiger partial charge on any atom is 0.355 e. The summed E-state index contributed by atoms with van der Waals surface area (Å²) in [4.78, 5) is 50.6. The first-order chi connectivity index (χ1) is 11.8. The van der Waals surface area contributed by atoms with Crippen molar-refractivity contribution in [3.63, 3.8) is 0 Å². The maximum atomic E-state index is 12.9. The van der Waals surface area contributed by atoms with E-state index in [1.165, 1.54) is 6.92 Å². The molecule has 1 aromatic rings. The predicted octanol–water partition coefficient (Wildman–Crippen LogP) is 0.553. The van der Waals surface area contributed by atoms with E-state index >= 15 is 0 Å². The molecule has 0 radical (unpaired) electrons. The van der Waals surface area contributed by atoms with E-state index in [1.807, 2.05) is 19.9 Å². The number of anilines is 1. The van der Waals surface area contributed by atoms with Crippen LogP contribution < -0.4 is 4.90 Å². The number of nitrogens with zero attached hydrogens (tertiary/aromatic N) is 3. The predicted molar refractivity (Wildman–Crippen MR) is 87.7 cm³/mol. The number of hydrogen-bond donors (Lipinski definition) is 0. The van der Waals surface area contributed by atoms with Crippen LogP contribution >= 0.6 is 0 Å². The first-order valence-electron chi connectivity index (χ1n) is 7.69. The molecule has 2 aliphatic heterocycles. The van der Waals surface area contributed by atoms with E-state index in [-0.39, 0.29) is 5.71 Å². The molecular formula is C17H17N3O5. The number of imide groups is 1.